The van der Waals surface area contributed by atoms with Gasteiger partial charge >= 0.3 is 0 Å². The van der Waals surface area contributed by atoms with Crippen LogP contribution in [0.3, 0.4) is 0 Å². The number of hydrogen-bond acceptors (Lipinski definition) is 8. The fourth-order valence-electron chi connectivity index (χ4n) is 5.70. The molecule has 244 valence electrons. The predicted octanol–water partition coefficient (Wildman–Crippen LogP) is 3.73. The fraction of sp³-hybridized carbons (Fsp3) is 0.969. The summed E-state index contributed by atoms with van der Waals surface area (Å²) < 4.78 is 5.82. The van der Waals surface area contributed by atoms with Gasteiger partial charge in [-0.25, -0.2) is 0 Å². The van der Waals surface area contributed by atoms with Crippen molar-refractivity contribution >= 4 is 5.91 Å². The normalized spacial score (nSPS) is 25.1. The van der Waals surface area contributed by atoms with Gasteiger partial charge in [-0.05, 0) is 19.3 Å². The van der Waals surface area contributed by atoms with Gasteiger partial charge in [0.05, 0.1) is 31.0 Å². The zero-order chi connectivity index (χ0) is 30.5. The summed E-state index contributed by atoms with van der Waals surface area (Å²) in [6, 6.07) is -0.898. The lowest BCUT2D eigenvalue weighted by Crippen LogP contribution is -2.57. The van der Waals surface area contributed by atoms with Crippen molar-refractivity contribution in [2.45, 2.75) is 179 Å². The molecule has 0 aliphatic heterocycles. The van der Waals surface area contributed by atoms with E-state index in [-0.39, 0.29) is 25.5 Å². The Balaban J connectivity index is 2.51. The van der Waals surface area contributed by atoms with Crippen LogP contribution >= 0.6 is 0 Å². The Labute approximate surface area is 249 Å². The van der Waals surface area contributed by atoms with Crippen molar-refractivity contribution < 1.29 is 40.2 Å². The van der Waals surface area contributed by atoms with Crippen molar-refractivity contribution in [3.8, 4) is 0 Å². The fourth-order valence-corrected chi connectivity index (χ4v) is 5.70. The first-order valence-corrected chi connectivity index (χ1v) is 16.7. The first kappa shape index (κ1) is 38.2. The van der Waals surface area contributed by atoms with Crippen LogP contribution < -0.4 is 5.32 Å². The van der Waals surface area contributed by atoms with E-state index in [2.05, 4.69) is 19.2 Å². The summed E-state index contributed by atoms with van der Waals surface area (Å²) >= 11 is 0. The zero-order valence-corrected chi connectivity index (χ0v) is 26.0. The van der Waals surface area contributed by atoms with E-state index in [1.807, 2.05) is 0 Å². The topological polar surface area (TPSA) is 160 Å². The highest BCUT2D eigenvalue weighted by Crippen LogP contribution is 2.28. The molecule has 1 rings (SSSR count). The number of rotatable bonds is 25. The van der Waals surface area contributed by atoms with Gasteiger partial charge in [0.1, 0.15) is 18.3 Å². The second-order valence-corrected chi connectivity index (χ2v) is 12.2. The molecule has 41 heavy (non-hydrogen) atoms. The molecule has 8 atom stereocenters. The molecule has 0 spiro atoms. The van der Waals surface area contributed by atoms with Gasteiger partial charge in [-0.15, -0.1) is 0 Å². The molecule has 0 saturated heterocycles. The minimum absolute atomic E-state index is 0.116. The summed E-state index contributed by atoms with van der Waals surface area (Å²) in [7, 11) is 0. The van der Waals surface area contributed by atoms with E-state index in [0.29, 0.717) is 12.8 Å². The second kappa shape index (κ2) is 23.6. The van der Waals surface area contributed by atoms with E-state index in [0.717, 1.165) is 44.9 Å². The molecule has 1 saturated carbocycles. The molecule has 0 bridgehead atoms. The second-order valence-electron chi connectivity index (χ2n) is 12.2. The lowest BCUT2D eigenvalue weighted by atomic mass is 9.81. The van der Waals surface area contributed by atoms with Crippen LogP contribution in [0.25, 0.3) is 0 Å². The van der Waals surface area contributed by atoms with Gasteiger partial charge in [0.15, 0.2) is 0 Å². The first-order chi connectivity index (χ1) is 19.8. The van der Waals surface area contributed by atoms with E-state index in [4.69, 9.17) is 4.74 Å². The third kappa shape index (κ3) is 16.0. The molecule has 0 heterocycles. The number of amides is 1. The van der Waals surface area contributed by atoms with E-state index < -0.39 is 48.6 Å². The van der Waals surface area contributed by atoms with E-state index >= 15 is 0 Å². The molecule has 0 aromatic carbocycles. The molecule has 0 radical (unpaired) electrons. The maximum Gasteiger partial charge on any atom is 0.220 e. The van der Waals surface area contributed by atoms with Gasteiger partial charge in [-0.3, -0.25) is 4.79 Å². The zero-order valence-electron chi connectivity index (χ0n) is 26.0. The van der Waals surface area contributed by atoms with Crippen molar-refractivity contribution in [1.29, 1.82) is 0 Å². The van der Waals surface area contributed by atoms with Gasteiger partial charge in [0.2, 0.25) is 5.91 Å². The molecule has 1 aliphatic carbocycles. The summed E-state index contributed by atoms with van der Waals surface area (Å²) in [5.74, 6) is -0.898. The van der Waals surface area contributed by atoms with E-state index in [1.54, 1.807) is 0 Å². The number of unbranched alkanes of at least 4 members (excludes halogenated alkanes) is 14. The third-order valence-corrected chi connectivity index (χ3v) is 8.59. The number of aliphatic hydroxyl groups excluding tert-OH is 6. The molecule has 0 aromatic rings. The van der Waals surface area contributed by atoms with Crippen molar-refractivity contribution in [1.82, 2.24) is 5.32 Å². The van der Waals surface area contributed by atoms with Gasteiger partial charge in [0, 0.05) is 18.9 Å². The van der Waals surface area contributed by atoms with Crippen molar-refractivity contribution in [2.24, 2.45) is 5.92 Å². The molecule has 7 N–H and O–H groups in total. The van der Waals surface area contributed by atoms with Crippen molar-refractivity contribution in [3.63, 3.8) is 0 Å². The van der Waals surface area contributed by atoms with Crippen LogP contribution in [-0.2, 0) is 9.53 Å². The van der Waals surface area contributed by atoms with Crippen LogP contribution in [0.4, 0.5) is 0 Å². The number of aliphatic hydroxyl groups is 6. The minimum atomic E-state index is -1.47. The number of ether oxygens (including phenoxy) is 1. The summed E-state index contributed by atoms with van der Waals surface area (Å²) in [6.07, 6.45) is 11.8. The molecule has 9 nitrogen and oxygen atoms in total. The Morgan fingerprint density at radius 3 is 1.80 bits per heavy atom. The first-order valence-electron chi connectivity index (χ1n) is 16.7. The van der Waals surface area contributed by atoms with Crippen LogP contribution in [0, 0.1) is 5.92 Å². The monoisotopic (exact) mass is 589 g/mol. The molecular formula is C32H63NO8. The van der Waals surface area contributed by atoms with Crippen LogP contribution in [0.15, 0.2) is 0 Å². The Morgan fingerprint density at radius 2 is 1.27 bits per heavy atom. The van der Waals surface area contributed by atoms with Gasteiger partial charge < -0.3 is 40.7 Å². The van der Waals surface area contributed by atoms with Crippen LogP contribution in [-0.4, -0.2) is 92.4 Å². The number of carbonyl (C=O) groups is 1. The average Bonchev–Trinajstić information content (AvgIpc) is 2.97. The van der Waals surface area contributed by atoms with Gasteiger partial charge in [-0.2, -0.15) is 0 Å². The maximum atomic E-state index is 12.6. The summed E-state index contributed by atoms with van der Waals surface area (Å²) in [5, 5.41) is 64.7. The average molecular weight is 590 g/mol. The minimum Gasteiger partial charge on any atom is -0.396 e. The lowest BCUT2D eigenvalue weighted by molar-refractivity contribution is -0.182. The van der Waals surface area contributed by atoms with Gasteiger partial charge in [0.25, 0.3) is 0 Å². The highest BCUT2D eigenvalue weighted by atomic mass is 16.5. The number of nitrogens with one attached hydrogen (secondary N) is 1. The molecule has 9 heteroatoms. The van der Waals surface area contributed by atoms with Gasteiger partial charge in [-0.1, -0.05) is 110 Å². The highest BCUT2D eigenvalue weighted by Gasteiger charge is 2.43. The summed E-state index contributed by atoms with van der Waals surface area (Å²) in [4.78, 5) is 12.6. The molecule has 1 fully saturated rings. The molecule has 0 aromatic heterocycles. The Morgan fingerprint density at radius 1 is 0.756 bits per heavy atom. The van der Waals surface area contributed by atoms with E-state index in [1.165, 1.54) is 57.8 Å². The smallest absolute Gasteiger partial charge is 0.220 e. The van der Waals surface area contributed by atoms with Crippen molar-refractivity contribution in [3.05, 3.63) is 0 Å². The molecule has 5 unspecified atom stereocenters. The van der Waals surface area contributed by atoms with Crippen LogP contribution in [0.5, 0.6) is 0 Å². The lowest BCUT2D eigenvalue weighted by Gasteiger charge is -2.40. The summed E-state index contributed by atoms with van der Waals surface area (Å²) in [5.41, 5.74) is 0. The Hall–Kier alpha value is -0.810. The third-order valence-electron chi connectivity index (χ3n) is 8.59. The van der Waals surface area contributed by atoms with Crippen LogP contribution in [0.1, 0.15) is 136 Å². The SMILES string of the molecule is CCCCCCCCCCCCCC[C@@H](O)[C@@H](O)[C@H](COC1CC(CO)C(O)C(O)C1O)NC(=O)CCCCCC. The molecule has 1 aliphatic rings. The Kier molecular flexibility index (Phi) is 22.0. The number of hydrogen-bond donors (Lipinski definition) is 7. The van der Waals surface area contributed by atoms with Crippen LogP contribution in [0.2, 0.25) is 0 Å². The molecule has 1 amide bonds. The maximum absolute atomic E-state index is 12.6. The largest absolute Gasteiger partial charge is 0.396 e. The predicted molar refractivity (Wildman–Crippen MR) is 161 cm³/mol. The standard InChI is InChI=1S/C32H63NO8/c1-3-5-7-9-10-11-12-13-14-15-16-17-19-26(35)30(38)25(33-28(36)20-18-8-6-4-2)23-41-27-21-24(22-34)29(37)32(40)31(27)39/h24-27,29-32,34-35,37-40H,3-23H2,1-2H3,(H,33,36)/t24?,25-,26+,27?,29?,30-,31?,32?/m0/s1. The molecular weight excluding hydrogens is 526 g/mol. The van der Waals surface area contributed by atoms with Crippen molar-refractivity contribution in [2.75, 3.05) is 13.2 Å². The van der Waals surface area contributed by atoms with E-state index in [9.17, 15) is 35.4 Å². The highest BCUT2D eigenvalue weighted by molar-refractivity contribution is 5.76. The number of carbonyl (C=O) groups excluding carboxylic acids is 1. The summed E-state index contributed by atoms with van der Waals surface area (Å²) in [6.45, 7) is 3.78. The Bertz CT molecular complexity index is 637. The quantitative estimate of drug-likeness (QED) is 0.0793.